The number of hydrogen-bond acceptors (Lipinski definition) is 4. The van der Waals surface area contributed by atoms with E-state index in [0.717, 1.165) is 17.2 Å². The van der Waals surface area contributed by atoms with E-state index >= 15 is 0 Å². The van der Waals surface area contributed by atoms with Crippen molar-refractivity contribution in [3.8, 4) is 5.88 Å². The number of rotatable bonds is 5. The van der Waals surface area contributed by atoms with Gasteiger partial charge in [0.25, 0.3) is 5.88 Å². The number of hydrogen-bond donors (Lipinski definition) is 1. The molecule has 0 aliphatic carbocycles. The molecule has 6 heteroatoms. The minimum absolute atomic E-state index is 0.433. The smallest absolute Gasteiger partial charge is 0.256 e. The number of imidazole rings is 1. The highest BCUT2D eigenvalue weighted by Crippen LogP contribution is 2.26. The lowest BCUT2D eigenvalue weighted by molar-refractivity contribution is 0.393. The van der Waals surface area contributed by atoms with Gasteiger partial charge >= 0.3 is 0 Å². The van der Waals surface area contributed by atoms with Crippen LogP contribution in [0.3, 0.4) is 0 Å². The van der Waals surface area contributed by atoms with Crippen molar-refractivity contribution in [1.82, 2.24) is 19.3 Å². The summed E-state index contributed by atoms with van der Waals surface area (Å²) in [6.45, 7) is 6.30. The standard InChI is InChI=1S/C15H23N5O/c1-7-11(14-16-8-13(10(2)3)20(14)5)17-12-9-19(4)18-15(12)21-6/h7-10,17H,1-6H3/b11-7+. The fraction of sp³-hybridized carbons (Fsp3) is 0.467. The zero-order chi connectivity index (χ0) is 15.6. The van der Waals surface area contributed by atoms with E-state index in [1.54, 1.807) is 11.8 Å². The van der Waals surface area contributed by atoms with Crippen LogP contribution >= 0.6 is 0 Å². The lowest BCUT2D eigenvalue weighted by atomic mass is 10.1. The van der Waals surface area contributed by atoms with Crippen molar-refractivity contribution < 1.29 is 4.74 Å². The summed E-state index contributed by atoms with van der Waals surface area (Å²) in [6.07, 6.45) is 5.80. The van der Waals surface area contributed by atoms with Crippen molar-refractivity contribution in [2.45, 2.75) is 26.7 Å². The van der Waals surface area contributed by atoms with Gasteiger partial charge in [0.1, 0.15) is 5.69 Å². The number of anilines is 1. The first-order valence-electron chi connectivity index (χ1n) is 7.00. The van der Waals surface area contributed by atoms with Crippen LogP contribution in [0.4, 0.5) is 5.69 Å². The first kappa shape index (κ1) is 15.2. The van der Waals surface area contributed by atoms with Gasteiger partial charge in [-0.3, -0.25) is 4.68 Å². The third-order valence-corrected chi connectivity index (χ3v) is 3.40. The summed E-state index contributed by atoms with van der Waals surface area (Å²) in [5.41, 5.74) is 2.95. The molecule has 21 heavy (non-hydrogen) atoms. The zero-order valence-electron chi connectivity index (χ0n) is 13.5. The van der Waals surface area contributed by atoms with Crippen LogP contribution in [-0.4, -0.2) is 26.4 Å². The maximum atomic E-state index is 5.27. The van der Waals surface area contributed by atoms with E-state index in [-0.39, 0.29) is 0 Å². The SMILES string of the molecule is C/C=C(/Nc1cn(C)nc1OC)c1ncc(C(C)C)n1C. The predicted octanol–water partition coefficient (Wildman–Crippen LogP) is 2.76. The minimum Gasteiger partial charge on any atom is -0.478 e. The van der Waals surface area contributed by atoms with Crippen LogP contribution in [-0.2, 0) is 14.1 Å². The van der Waals surface area contributed by atoms with Gasteiger partial charge in [0, 0.05) is 26.0 Å². The van der Waals surface area contributed by atoms with Gasteiger partial charge in [-0.1, -0.05) is 19.9 Å². The quantitative estimate of drug-likeness (QED) is 0.919. The van der Waals surface area contributed by atoms with Crippen molar-refractivity contribution in [2.24, 2.45) is 14.1 Å². The Morgan fingerprint density at radius 2 is 2.10 bits per heavy atom. The summed E-state index contributed by atoms with van der Waals surface area (Å²) in [5, 5.41) is 7.59. The summed E-state index contributed by atoms with van der Waals surface area (Å²) < 4.78 is 9.09. The van der Waals surface area contributed by atoms with Crippen molar-refractivity contribution in [2.75, 3.05) is 12.4 Å². The highest BCUT2D eigenvalue weighted by molar-refractivity contribution is 5.75. The third kappa shape index (κ3) is 2.94. The number of nitrogens with zero attached hydrogens (tertiary/aromatic N) is 4. The van der Waals surface area contributed by atoms with Gasteiger partial charge in [0.2, 0.25) is 0 Å². The van der Waals surface area contributed by atoms with E-state index in [9.17, 15) is 0 Å². The highest BCUT2D eigenvalue weighted by atomic mass is 16.5. The number of nitrogens with one attached hydrogen (secondary N) is 1. The fourth-order valence-electron chi connectivity index (χ4n) is 2.32. The van der Waals surface area contributed by atoms with Crippen molar-refractivity contribution in [1.29, 1.82) is 0 Å². The van der Waals surface area contributed by atoms with Crippen LogP contribution in [0.5, 0.6) is 5.88 Å². The van der Waals surface area contributed by atoms with Crippen molar-refractivity contribution in [3.63, 3.8) is 0 Å². The molecule has 2 aromatic rings. The zero-order valence-corrected chi connectivity index (χ0v) is 13.5. The second-order valence-electron chi connectivity index (χ2n) is 5.27. The maximum absolute atomic E-state index is 5.27. The molecule has 0 amide bonds. The molecule has 0 saturated carbocycles. The Bertz CT molecular complexity index is 651. The molecule has 0 unspecified atom stereocenters. The first-order valence-corrected chi connectivity index (χ1v) is 7.00. The number of methoxy groups -OCH3 is 1. The number of allylic oxidation sites excluding steroid dienone is 1. The number of aromatic nitrogens is 4. The van der Waals surface area contributed by atoms with E-state index in [4.69, 9.17) is 4.74 Å². The molecular weight excluding hydrogens is 266 g/mol. The molecule has 2 rings (SSSR count). The average Bonchev–Trinajstić information content (AvgIpc) is 2.99. The van der Waals surface area contributed by atoms with Gasteiger partial charge in [-0.25, -0.2) is 4.98 Å². The maximum Gasteiger partial charge on any atom is 0.256 e. The van der Waals surface area contributed by atoms with Crippen molar-refractivity contribution in [3.05, 3.63) is 30.0 Å². The molecule has 0 fully saturated rings. The summed E-state index contributed by atoms with van der Waals surface area (Å²) in [7, 11) is 5.50. The summed E-state index contributed by atoms with van der Waals surface area (Å²) in [5.74, 6) is 1.89. The van der Waals surface area contributed by atoms with Gasteiger partial charge in [0.05, 0.1) is 19.0 Å². The minimum atomic E-state index is 0.433. The van der Waals surface area contributed by atoms with E-state index in [0.29, 0.717) is 11.8 Å². The second kappa shape index (κ2) is 6.03. The molecule has 0 aliphatic heterocycles. The Morgan fingerprint density at radius 1 is 1.38 bits per heavy atom. The van der Waals surface area contributed by atoms with E-state index in [2.05, 4.69) is 33.8 Å². The van der Waals surface area contributed by atoms with Crippen LogP contribution in [0.15, 0.2) is 18.5 Å². The Morgan fingerprint density at radius 3 is 2.62 bits per heavy atom. The first-order chi connectivity index (χ1) is 9.97. The molecule has 6 nitrogen and oxygen atoms in total. The fourth-order valence-corrected chi connectivity index (χ4v) is 2.32. The van der Waals surface area contributed by atoms with Crippen LogP contribution in [0, 0.1) is 0 Å². The second-order valence-corrected chi connectivity index (χ2v) is 5.27. The summed E-state index contributed by atoms with van der Waals surface area (Å²) in [4.78, 5) is 4.53. The summed E-state index contributed by atoms with van der Waals surface area (Å²) in [6, 6.07) is 0. The van der Waals surface area contributed by atoms with Gasteiger partial charge < -0.3 is 14.6 Å². The largest absolute Gasteiger partial charge is 0.478 e. The monoisotopic (exact) mass is 289 g/mol. The molecule has 0 aromatic carbocycles. The van der Waals surface area contributed by atoms with E-state index in [1.165, 1.54) is 5.69 Å². The Kier molecular flexibility index (Phi) is 4.35. The lowest BCUT2D eigenvalue weighted by Gasteiger charge is -2.12. The average molecular weight is 289 g/mol. The number of ether oxygens (including phenoxy) is 1. The Labute approximate surface area is 125 Å². The van der Waals surface area contributed by atoms with Crippen LogP contribution in [0.1, 0.15) is 38.2 Å². The molecule has 0 saturated heterocycles. The highest BCUT2D eigenvalue weighted by Gasteiger charge is 2.15. The normalized spacial score (nSPS) is 12.0. The molecule has 0 spiro atoms. The molecule has 0 radical (unpaired) electrons. The lowest BCUT2D eigenvalue weighted by Crippen LogP contribution is -2.08. The van der Waals surface area contributed by atoms with Crippen molar-refractivity contribution >= 4 is 11.4 Å². The molecule has 0 atom stereocenters. The van der Waals surface area contributed by atoms with E-state index < -0.39 is 0 Å². The van der Waals surface area contributed by atoms with E-state index in [1.807, 2.05) is 39.5 Å². The van der Waals surface area contributed by atoms with Crippen LogP contribution in [0.2, 0.25) is 0 Å². The molecule has 0 bridgehead atoms. The van der Waals surface area contributed by atoms with Gasteiger partial charge in [-0.05, 0) is 12.8 Å². The van der Waals surface area contributed by atoms with Crippen LogP contribution < -0.4 is 10.1 Å². The summed E-state index contributed by atoms with van der Waals surface area (Å²) >= 11 is 0. The molecule has 1 N–H and O–H groups in total. The Balaban J connectivity index is 2.33. The molecule has 0 aliphatic rings. The molecule has 2 heterocycles. The topological polar surface area (TPSA) is 56.9 Å². The molecule has 114 valence electrons. The number of aryl methyl sites for hydroxylation is 1. The van der Waals surface area contributed by atoms with Crippen LogP contribution in [0.25, 0.3) is 5.70 Å². The molecule has 2 aromatic heterocycles. The van der Waals surface area contributed by atoms with Gasteiger partial charge in [0.15, 0.2) is 5.82 Å². The molecular formula is C15H23N5O. The Hall–Kier alpha value is -2.24. The van der Waals surface area contributed by atoms with Gasteiger partial charge in [-0.2, -0.15) is 0 Å². The third-order valence-electron chi connectivity index (χ3n) is 3.40. The predicted molar refractivity (Wildman–Crippen MR) is 84.3 cm³/mol. The van der Waals surface area contributed by atoms with Gasteiger partial charge in [-0.15, -0.1) is 5.10 Å².